The van der Waals surface area contributed by atoms with Crippen LogP contribution in [0.25, 0.3) is 11.4 Å². The zero-order valence-electron chi connectivity index (χ0n) is 15.8. The molecule has 0 amide bonds. The van der Waals surface area contributed by atoms with E-state index in [4.69, 9.17) is 10.8 Å². The molecule has 0 saturated carbocycles. The number of aryl methyl sites for hydroxylation is 1. The maximum atomic E-state index is 6.55. The Kier molecular flexibility index (Phi) is 5.07. The number of hydrogen-bond acceptors (Lipinski definition) is 4. The van der Waals surface area contributed by atoms with Crippen molar-refractivity contribution in [2.75, 3.05) is 11.5 Å². The van der Waals surface area contributed by atoms with Crippen LogP contribution in [0.5, 0.6) is 0 Å². The lowest BCUT2D eigenvalue weighted by molar-refractivity contribution is 0.625. The molecule has 1 aromatic carbocycles. The lowest BCUT2D eigenvalue weighted by Gasteiger charge is -2.22. The van der Waals surface area contributed by atoms with Crippen LogP contribution in [-0.2, 0) is 7.05 Å². The van der Waals surface area contributed by atoms with Gasteiger partial charge in [-0.05, 0) is 42.1 Å². The van der Waals surface area contributed by atoms with Gasteiger partial charge in [0.2, 0.25) is 0 Å². The molecular formula is C21H25N5S. The molecule has 5 nitrogen and oxygen atoms in total. The number of hydrogen-bond donors (Lipinski definition) is 1. The second-order valence-electron chi connectivity index (χ2n) is 6.87. The van der Waals surface area contributed by atoms with E-state index in [-0.39, 0.29) is 0 Å². The van der Waals surface area contributed by atoms with E-state index in [1.54, 1.807) is 21.1 Å². The molecule has 0 saturated heterocycles. The second kappa shape index (κ2) is 7.64. The highest BCUT2D eigenvalue weighted by Crippen LogP contribution is 2.41. The molecule has 1 aliphatic rings. The Morgan fingerprint density at radius 3 is 2.63 bits per heavy atom. The van der Waals surface area contributed by atoms with Gasteiger partial charge in [0.25, 0.3) is 0 Å². The number of allylic oxidation sites excluding steroid dienone is 2. The molecule has 6 heteroatoms. The molecule has 0 fully saturated rings. The Morgan fingerprint density at radius 1 is 1.19 bits per heavy atom. The Bertz CT molecular complexity index is 954. The third-order valence-corrected chi connectivity index (χ3v) is 5.94. The van der Waals surface area contributed by atoms with Gasteiger partial charge in [0, 0.05) is 19.3 Å². The van der Waals surface area contributed by atoms with E-state index in [0.29, 0.717) is 11.7 Å². The van der Waals surface area contributed by atoms with Gasteiger partial charge in [0.05, 0.1) is 5.56 Å². The lowest BCUT2D eigenvalue weighted by Crippen LogP contribution is -2.07. The van der Waals surface area contributed by atoms with Gasteiger partial charge in [-0.2, -0.15) is 14.9 Å². The van der Waals surface area contributed by atoms with Crippen LogP contribution in [0.2, 0.25) is 0 Å². The maximum Gasteiger partial charge on any atom is 0.177 e. The molecule has 140 valence electrons. The van der Waals surface area contributed by atoms with Gasteiger partial charge in [0.15, 0.2) is 5.82 Å². The second-order valence-corrected chi connectivity index (χ2v) is 8.12. The van der Waals surface area contributed by atoms with Crippen molar-refractivity contribution in [3.8, 4) is 5.82 Å². The van der Waals surface area contributed by atoms with Gasteiger partial charge in [-0.15, -0.1) is 11.8 Å². The molecule has 0 bridgehead atoms. The molecule has 2 aromatic heterocycles. The summed E-state index contributed by atoms with van der Waals surface area (Å²) in [4.78, 5) is 0. The Morgan fingerprint density at radius 2 is 2.00 bits per heavy atom. The van der Waals surface area contributed by atoms with Crippen LogP contribution < -0.4 is 5.73 Å². The van der Waals surface area contributed by atoms with Crippen LogP contribution in [-0.4, -0.2) is 25.3 Å². The van der Waals surface area contributed by atoms with Crippen molar-refractivity contribution in [1.82, 2.24) is 19.6 Å². The number of nitrogens with zero attached hydrogens (tertiary/aromatic N) is 4. The standard InChI is InChI=1S/C21H25N5S/c1-3-27-21-19(20(22)26(24-21)18-13-14-25(2)23-18)17-11-9-16(10-12-17)15-7-5-4-6-8-15/h4-8,11,13-14,16H,3,9-10,12,22H2,1-2H3. The van der Waals surface area contributed by atoms with Crippen molar-refractivity contribution in [2.24, 2.45) is 7.05 Å². The number of rotatable bonds is 5. The first-order valence-electron chi connectivity index (χ1n) is 9.43. The van der Waals surface area contributed by atoms with Gasteiger partial charge >= 0.3 is 0 Å². The minimum absolute atomic E-state index is 0.587. The number of anilines is 1. The van der Waals surface area contributed by atoms with Crippen molar-refractivity contribution >= 4 is 23.2 Å². The maximum absolute atomic E-state index is 6.55. The fourth-order valence-corrected chi connectivity index (χ4v) is 4.52. The number of nitrogens with two attached hydrogens (primary N) is 1. The highest BCUT2D eigenvalue weighted by Gasteiger charge is 2.24. The van der Waals surface area contributed by atoms with Gasteiger partial charge in [-0.25, -0.2) is 0 Å². The van der Waals surface area contributed by atoms with Crippen molar-refractivity contribution in [3.05, 3.63) is 59.8 Å². The average molecular weight is 380 g/mol. The van der Waals surface area contributed by atoms with E-state index < -0.39 is 0 Å². The Balaban J connectivity index is 1.67. The Hall–Kier alpha value is -2.47. The third-order valence-electron chi connectivity index (χ3n) is 5.09. The molecule has 4 rings (SSSR count). The predicted octanol–water partition coefficient (Wildman–Crippen LogP) is 4.65. The van der Waals surface area contributed by atoms with Crippen LogP contribution in [0.1, 0.15) is 43.2 Å². The molecule has 3 aromatic rings. The molecule has 1 atom stereocenters. The summed E-state index contributed by atoms with van der Waals surface area (Å²) in [7, 11) is 1.90. The molecule has 1 aliphatic carbocycles. The molecule has 2 N–H and O–H groups in total. The summed E-state index contributed by atoms with van der Waals surface area (Å²) in [6.45, 7) is 2.14. The molecule has 0 spiro atoms. The number of aromatic nitrogens is 4. The first-order chi connectivity index (χ1) is 13.2. The Labute approximate surface area is 164 Å². The molecule has 1 unspecified atom stereocenters. The predicted molar refractivity (Wildman–Crippen MR) is 112 cm³/mol. The van der Waals surface area contributed by atoms with Gasteiger partial charge in [-0.3, -0.25) is 4.68 Å². The van der Waals surface area contributed by atoms with E-state index in [1.807, 2.05) is 19.3 Å². The zero-order valence-corrected chi connectivity index (χ0v) is 16.6. The SMILES string of the molecule is CCSc1nn(-c2ccn(C)n2)c(N)c1C1=CCC(c2ccccc2)CC1. The summed E-state index contributed by atoms with van der Waals surface area (Å²) >= 11 is 1.74. The molecule has 27 heavy (non-hydrogen) atoms. The van der Waals surface area contributed by atoms with Crippen molar-refractivity contribution in [1.29, 1.82) is 0 Å². The highest BCUT2D eigenvalue weighted by atomic mass is 32.2. The molecule has 0 aliphatic heterocycles. The van der Waals surface area contributed by atoms with E-state index in [2.05, 4.69) is 48.4 Å². The lowest BCUT2D eigenvalue weighted by atomic mass is 9.83. The van der Waals surface area contributed by atoms with Crippen LogP contribution >= 0.6 is 11.8 Å². The zero-order chi connectivity index (χ0) is 18.8. The number of benzene rings is 1. The monoisotopic (exact) mass is 379 g/mol. The van der Waals surface area contributed by atoms with Gasteiger partial charge in [-0.1, -0.05) is 43.3 Å². The quantitative estimate of drug-likeness (QED) is 0.656. The van der Waals surface area contributed by atoms with Gasteiger partial charge in [0.1, 0.15) is 10.8 Å². The van der Waals surface area contributed by atoms with Crippen LogP contribution in [0.15, 0.2) is 53.7 Å². The average Bonchev–Trinajstić information content (AvgIpc) is 3.26. The number of thioether (sulfide) groups is 1. The van der Waals surface area contributed by atoms with Gasteiger partial charge < -0.3 is 5.73 Å². The van der Waals surface area contributed by atoms with E-state index in [9.17, 15) is 0 Å². The summed E-state index contributed by atoms with van der Waals surface area (Å²) in [6, 6.07) is 12.7. The first-order valence-corrected chi connectivity index (χ1v) is 10.4. The summed E-state index contributed by atoms with van der Waals surface area (Å²) in [5.74, 6) is 3.00. The smallest absolute Gasteiger partial charge is 0.177 e. The fraction of sp³-hybridized carbons (Fsp3) is 0.333. The molecule has 0 radical (unpaired) electrons. The normalized spacial score (nSPS) is 17.1. The largest absolute Gasteiger partial charge is 0.383 e. The number of nitrogen functional groups attached to an aromatic ring is 1. The van der Waals surface area contributed by atoms with Crippen molar-refractivity contribution < 1.29 is 0 Å². The third kappa shape index (κ3) is 3.54. The fourth-order valence-electron chi connectivity index (χ4n) is 3.73. The minimum atomic E-state index is 0.587. The summed E-state index contributed by atoms with van der Waals surface area (Å²) < 4.78 is 3.55. The van der Waals surface area contributed by atoms with Crippen molar-refractivity contribution in [2.45, 2.75) is 37.1 Å². The highest BCUT2D eigenvalue weighted by molar-refractivity contribution is 7.99. The summed E-state index contributed by atoms with van der Waals surface area (Å²) in [5, 5.41) is 10.2. The van der Waals surface area contributed by atoms with Crippen LogP contribution in [0.4, 0.5) is 5.82 Å². The summed E-state index contributed by atoms with van der Waals surface area (Å²) in [6.07, 6.45) is 7.48. The van der Waals surface area contributed by atoms with E-state index in [0.717, 1.165) is 41.4 Å². The van der Waals surface area contributed by atoms with E-state index in [1.165, 1.54) is 11.1 Å². The van der Waals surface area contributed by atoms with Crippen molar-refractivity contribution in [3.63, 3.8) is 0 Å². The van der Waals surface area contributed by atoms with Crippen LogP contribution in [0.3, 0.4) is 0 Å². The molecule has 2 heterocycles. The first kappa shape index (κ1) is 17.9. The van der Waals surface area contributed by atoms with E-state index >= 15 is 0 Å². The summed E-state index contributed by atoms with van der Waals surface area (Å²) in [5.41, 5.74) is 10.4. The van der Waals surface area contributed by atoms with Crippen LogP contribution in [0, 0.1) is 0 Å². The molecular weight excluding hydrogens is 354 g/mol. The topological polar surface area (TPSA) is 61.7 Å². The minimum Gasteiger partial charge on any atom is -0.383 e.